The third-order valence-electron chi connectivity index (χ3n) is 2.64. The van der Waals surface area contributed by atoms with Gasteiger partial charge >= 0.3 is 5.97 Å². The van der Waals surface area contributed by atoms with Crippen LogP contribution in [-0.4, -0.2) is 25.4 Å². The van der Waals surface area contributed by atoms with Crippen LogP contribution in [0.5, 0.6) is 0 Å². The third kappa shape index (κ3) is 3.31. The lowest BCUT2D eigenvalue weighted by Gasteiger charge is -2.08. The summed E-state index contributed by atoms with van der Waals surface area (Å²) >= 11 is 0. The molecule has 1 atom stereocenters. The third-order valence-corrected chi connectivity index (χ3v) is 2.88. The lowest BCUT2D eigenvalue weighted by atomic mass is 10.1. The minimum atomic E-state index is -2.99. The Morgan fingerprint density at radius 1 is 1.42 bits per heavy atom. The van der Waals surface area contributed by atoms with Crippen molar-refractivity contribution in [2.24, 2.45) is 5.73 Å². The van der Waals surface area contributed by atoms with E-state index < -0.39 is 22.9 Å². The van der Waals surface area contributed by atoms with Gasteiger partial charge in [0, 0.05) is 23.5 Å². The number of hydrogen-bond donors (Lipinski definition) is 4. The summed E-state index contributed by atoms with van der Waals surface area (Å²) in [5, 5.41) is 0.966. The maximum atomic E-state index is 11.4. The van der Waals surface area contributed by atoms with E-state index in [9.17, 15) is 13.2 Å². The van der Waals surface area contributed by atoms with Crippen LogP contribution in [0.25, 0.3) is 10.9 Å². The van der Waals surface area contributed by atoms with Gasteiger partial charge in [0.1, 0.15) is 6.04 Å². The van der Waals surface area contributed by atoms with E-state index in [1.807, 2.05) is 24.3 Å². The van der Waals surface area contributed by atoms with Crippen LogP contribution < -0.4 is 10.6 Å². The van der Waals surface area contributed by atoms with Crippen LogP contribution in [0.1, 0.15) is 5.56 Å². The summed E-state index contributed by atoms with van der Waals surface area (Å²) < 4.78 is 20.4. The standard InChI is InChI=1S/C11H13N3O4S/c12-9(11(15)18-14-19(16)17)5-7-6-13-10-4-2-1-3-8(7)10/h1-4,6,9,13,19H,5,12H2,(H,14,16,17)/t9-/m0/s1. The number of hydrogen-bond acceptors (Lipinski definition) is 5. The number of carbonyl (C=O) groups is 1. The summed E-state index contributed by atoms with van der Waals surface area (Å²) in [6.07, 6.45) is 2.01. The van der Waals surface area contributed by atoms with Gasteiger partial charge in [-0.2, -0.15) is 0 Å². The minimum absolute atomic E-state index is 0.250. The topological polar surface area (TPSA) is 114 Å². The highest BCUT2D eigenvalue weighted by Crippen LogP contribution is 2.18. The molecule has 1 aromatic carbocycles. The molecular formula is C11H13N3O4S. The normalized spacial score (nSPS) is 12.7. The molecule has 0 bridgehead atoms. The molecule has 2 rings (SSSR count). The summed E-state index contributed by atoms with van der Waals surface area (Å²) in [6.45, 7) is 0. The van der Waals surface area contributed by atoms with Gasteiger partial charge in [-0.1, -0.05) is 18.2 Å². The molecule has 102 valence electrons. The molecule has 0 aliphatic heterocycles. The number of para-hydroxylation sites is 1. The molecule has 0 saturated carbocycles. The summed E-state index contributed by atoms with van der Waals surface area (Å²) in [5.74, 6) is -0.829. The van der Waals surface area contributed by atoms with E-state index in [2.05, 4.69) is 9.82 Å². The predicted molar refractivity (Wildman–Crippen MR) is 69.5 cm³/mol. The molecule has 19 heavy (non-hydrogen) atoms. The Hall–Kier alpha value is -1.90. The number of carbonyl (C=O) groups excluding carboxylic acids is 1. The Bertz CT molecular complexity index is 657. The number of thiol groups is 1. The summed E-state index contributed by atoms with van der Waals surface area (Å²) in [7, 11) is -2.99. The van der Waals surface area contributed by atoms with Crippen molar-refractivity contribution in [1.82, 2.24) is 9.87 Å². The van der Waals surface area contributed by atoms with Gasteiger partial charge in [0.15, 0.2) is 0 Å². The molecule has 0 saturated heterocycles. The zero-order valence-corrected chi connectivity index (χ0v) is 10.7. The van der Waals surface area contributed by atoms with Gasteiger partial charge < -0.3 is 15.6 Å². The van der Waals surface area contributed by atoms with E-state index in [0.717, 1.165) is 16.5 Å². The minimum Gasteiger partial charge on any atom is -0.361 e. The molecule has 1 heterocycles. The summed E-state index contributed by atoms with van der Waals surface area (Å²) in [6, 6.07) is 6.65. The maximum Gasteiger partial charge on any atom is 0.343 e. The number of benzene rings is 1. The molecule has 0 unspecified atom stereocenters. The van der Waals surface area contributed by atoms with Gasteiger partial charge in [-0.05, 0) is 16.5 Å². The summed E-state index contributed by atoms with van der Waals surface area (Å²) in [4.78, 5) is 20.4. The van der Waals surface area contributed by atoms with E-state index >= 15 is 0 Å². The van der Waals surface area contributed by atoms with E-state index in [1.165, 1.54) is 0 Å². The smallest absolute Gasteiger partial charge is 0.343 e. The number of aromatic nitrogens is 1. The molecule has 0 aliphatic rings. The van der Waals surface area contributed by atoms with Crippen molar-refractivity contribution in [2.45, 2.75) is 12.5 Å². The first-order chi connectivity index (χ1) is 9.08. The fourth-order valence-electron chi connectivity index (χ4n) is 1.78. The Kier molecular flexibility index (Phi) is 4.15. The van der Waals surface area contributed by atoms with Crippen molar-refractivity contribution in [3.63, 3.8) is 0 Å². The SMILES string of the molecule is N[C@@H](Cc1c[nH]c2ccccc12)C(=O)ON[SH](=O)=O. The number of H-pyrrole nitrogens is 1. The molecule has 0 spiro atoms. The molecular weight excluding hydrogens is 270 g/mol. The lowest BCUT2D eigenvalue weighted by Crippen LogP contribution is -2.37. The van der Waals surface area contributed by atoms with Crippen molar-refractivity contribution >= 4 is 27.8 Å². The predicted octanol–water partition coefficient (Wildman–Crippen LogP) is -0.388. The summed E-state index contributed by atoms with van der Waals surface area (Å²) in [5.41, 5.74) is 7.47. The van der Waals surface area contributed by atoms with E-state index in [0.29, 0.717) is 0 Å². The lowest BCUT2D eigenvalue weighted by molar-refractivity contribution is -0.148. The van der Waals surface area contributed by atoms with E-state index in [4.69, 9.17) is 5.73 Å². The van der Waals surface area contributed by atoms with Gasteiger partial charge in [-0.25, -0.2) is 13.2 Å². The highest BCUT2D eigenvalue weighted by molar-refractivity contribution is 7.70. The second-order valence-corrected chi connectivity index (χ2v) is 4.64. The first-order valence-corrected chi connectivity index (χ1v) is 6.67. The molecule has 0 amide bonds. The van der Waals surface area contributed by atoms with Crippen molar-refractivity contribution < 1.29 is 18.0 Å². The largest absolute Gasteiger partial charge is 0.361 e. The first kappa shape index (κ1) is 13.5. The molecule has 0 radical (unpaired) electrons. The van der Waals surface area contributed by atoms with Gasteiger partial charge in [0.2, 0.25) is 10.9 Å². The molecule has 8 heteroatoms. The average molecular weight is 283 g/mol. The highest BCUT2D eigenvalue weighted by atomic mass is 32.2. The number of rotatable bonds is 5. The monoisotopic (exact) mass is 283 g/mol. The highest BCUT2D eigenvalue weighted by Gasteiger charge is 2.18. The molecule has 0 fully saturated rings. The second kappa shape index (κ2) is 5.83. The molecule has 4 N–H and O–H groups in total. The number of aromatic amines is 1. The van der Waals surface area contributed by atoms with Gasteiger partial charge in [-0.3, -0.25) is 0 Å². The van der Waals surface area contributed by atoms with Crippen LogP contribution >= 0.6 is 0 Å². The molecule has 7 nitrogen and oxygen atoms in total. The van der Waals surface area contributed by atoms with Crippen molar-refractivity contribution in [3.05, 3.63) is 36.0 Å². The van der Waals surface area contributed by atoms with Crippen LogP contribution in [0.15, 0.2) is 30.5 Å². The molecule has 0 aliphatic carbocycles. The Balaban J connectivity index is 2.06. The average Bonchev–Trinajstić information content (AvgIpc) is 2.79. The number of nitrogens with one attached hydrogen (secondary N) is 2. The Labute approximate surface area is 110 Å². The Morgan fingerprint density at radius 2 is 2.16 bits per heavy atom. The number of fused-ring (bicyclic) bond motifs is 1. The van der Waals surface area contributed by atoms with Crippen LogP contribution in [0, 0.1) is 0 Å². The fourth-order valence-corrected chi connectivity index (χ4v) is 1.94. The van der Waals surface area contributed by atoms with Gasteiger partial charge in [0.25, 0.3) is 0 Å². The quantitative estimate of drug-likeness (QED) is 0.441. The number of nitrogens with two attached hydrogens (primary N) is 1. The van der Waals surface area contributed by atoms with Gasteiger partial charge in [-0.15, -0.1) is 0 Å². The van der Waals surface area contributed by atoms with Crippen LogP contribution in [0.3, 0.4) is 0 Å². The van der Waals surface area contributed by atoms with E-state index in [-0.39, 0.29) is 6.42 Å². The first-order valence-electron chi connectivity index (χ1n) is 5.49. The Morgan fingerprint density at radius 3 is 2.89 bits per heavy atom. The second-order valence-electron chi connectivity index (χ2n) is 3.94. The van der Waals surface area contributed by atoms with Crippen LogP contribution in [-0.2, 0) is 26.9 Å². The maximum absolute atomic E-state index is 11.4. The van der Waals surface area contributed by atoms with Crippen molar-refractivity contribution in [1.29, 1.82) is 0 Å². The zero-order chi connectivity index (χ0) is 13.8. The zero-order valence-electron chi connectivity index (χ0n) is 9.83. The molecule has 1 aromatic heterocycles. The van der Waals surface area contributed by atoms with Crippen molar-refractivity contribution in [2.75, 3.05) is 0 Å². The van der Waals surface area contributed by atoms with Crippen LogP contribution in [0.4, 0.5) is 0 Å². The fraction of sp³-hybridized carbons (Fsp3) is 0.182. The van der Waals surface area contributed by atoms with E-state index in [1.54, 1.807) is 11.1 Å². The van der Waals surface area contributed by atoms with Crippen LogP contribution in [0.2, 0.25) is 0 Å². The van der Waals surface area contributed by atoms with Gasteiger partial charge in [0.05, 0.1) is 0 Å². The van der Waals surface area contributed by atoms with Crippen molar-refractivity contribution in [3.8, 4) is 0 Å². The molecule has 2 aromatic rings.